The molecular formula is C57H43N5O. The quantitative estimate of drug-likeness (QED) is 0.113. The lowest BCUT2D eigenvalue weighted by Crippen LogP contribution is -2.31. The number of hydrogen-bond acceptors (Lipinski definition) is 3. The molecule has 6 nitrogen and oxygen atoms in total. The van der Waals surface area contributed by atoms with E-state index >= 15 is 0 Å². The standard InChI is InChI=1S/C57H43N5O/c1-57(2,3)42-31-33-59-55(35-42)62-51-30-27-41(50-24-12-13-32-58-50)34-49(51)48-29-28-45(37-54(48)62)63-44-21-14-20-43(36-44)60-38-61(53-26-11-10-25-52(53)60)56-46(39-16-6-4-7-17-39)22-15-23-47(56)40-18-8-5-9-19-40/h4-37H,1-3H3/i4D,5D,6D,7D,8D,9D,10D,11D,12D,13D,14D,15D,16D,17D,18D,19D,20D,21D,22D,23D,24D,25D,26D,27D,28D,29D,30D,31D,32D,33D,34D,35D. The van der Waals surface area contributed by atoms with Crippen LogP contribution in [0.15, 0.2) is 206 Å². The summed E-state index contributed by atoms with van der Waals surface area (Å²) in [6.45, 7) is 4.90. The van der Waals surface area contributed by atoms with Gasteiger partial charge >= 0.3 is 0 Å². The number of rotatable bonds is 8. The van der Waals surface area contributed by atoms with Gasteiger partial charge in [0.2, 0.25) is 0 Å². The summed E-state index contributed by atoms with van der Waals surface area (Å²) in [5, 5.41) is -0.842. The Balaban J connectivity index is 1.26. The van der Waals surface area contributed by atoms with E-state index in [1.807, 2.05) is 0 Å². The fourth-order valence-electron chi connectivity index (χ4n) is 6.73. The van der Waals surface area contributed by atoms with Crippen molar-refractivity contribution in [2.75, 3.05) is 0 Å². The normalized spacial score (nSPS) is 18.8. The molecule has 0 atom stereocenters. The van der Waals surface area contributed by atoms with Gasteiger partial charge in [0.05, 0.1) is 83.0 Å². The lowest BCUT2D eigenvalue weighted by Gasteiger charge is -2.20. The largest absolute Gasteiger partial charge is 0.458 e. The first-order valence-corrected chi connectivity index (χ1v) is 18.7. The first-order chi connectivity index (χ1) is 44.2. The molecule has 0 unspecified atom stereocenters. The minimum Gasteiger partial charge on any atom is -0.458 e. The average molecular weight is 846 g/mol. The molecule has 0 radical (unpaired) electrons. The van der Waals surface area contributed by atoms with Crippen molar-refractivity contribution in [3.63, 3.8) is 0 Å². The van der Waals surface area contributed by atoms with Crippen molar-refractivity contribution in [1.82, 2.24) is 19.1 Å². The molecule has 63 heavy (non-hydrogen) atoms. The second kappa shape index (κ2) is 15.4. The third kappa shape index (κ3) is 6.92. The van der Waals surface area contributed by atoms with Crippen LogP contribution < -0.4 is 9.30 Å². The predicted octanol–water partition coefficient (Wildman–Crippen LogP) is 13.7. The Labute approximate surface area is 411 Å². The average Bonchev–Trinajstić information content (AvgIpc) is 1.63. The topological polar surface area (TPSA) is 48.8 Å². The first kappa shape index (κ1) is 17.0. The molecule has 0 amide bonds. The summed E-state index contributed by atoms with van der Waals surface area (Å²) in [5.41, 5.74) is -9.86. The van der Waals surface area contributed by atoms with Crippen LogP contribution >= 0.6 is 0 Å². The van der Waals surface area contributed by atoms with Gasteiger partial charge in [0.25, 0.3) is 6.33 Å². The van der Waals surface area contributed by atoms with Gasteiger partial charge in [0.1, 0.15) is 17.3 Å². The van der Waals surface area contributed by atoms with Crippen molar-refractivity contribution < 1.29 is 53.2 Å². The van der Waals surface area contributed by atoms with Crippen molar-refractivity contribution in [3.8, 4) is 62.2 Å². The first-order valence-electron chi connectivity index (χ1n) is 34.7. The third-order valence-electron chi connectivity index (χ3n) is 9.56. The van der Waals surface area contributed by atoms with Gasteiger partial charge < -0.3 is 4.74 Å². The summed E-state index contributed by atoms with van der Waals surface area (Å²) in [5.74, 6) is -2.02. The fraction of sp³-hybridized carbons (Fsp3) is 0.0702. The Hall–Kier alpha value is -8.09. The van der Waals surface area contributed by atoms with Crippen molar-refractivity contribution in [2.45, 2.75) is 26.2 Å². The van der Waals surface area contributed by atoms with E-state index in [4.69, 9.17) is 30.8 Å². The summed E-state index contributed by atoms with van der Waals surface area (Å²) in [4.78, 5) is 8.21. The maximum Gasteiger partial charge on any atom is 0.269 e. The number of fused-ring (bicyclic) bond motifs is 4. The van der Waals surface area contributed by atoms with Crippen LogP contribution in [0.4, 0.5) is 0 Å². The summed E-state index contributed by atoms with van der Waals surface area (Å²) in [6.07, 6.45) is 1.17. The highest BCUT2D eigenvalue weighted by Gasteiger charge is 2.21. The highest BCUT2D eigenvalue weighted by atomic mass is 16.5. The second-order valence-electron chi connectivity index (χ2n) is 14.5. The van der Waals surface area contributed by atoms with E-state index in [0.29, 0.717) is 9.13 Å². The summed E-state index contributed by atoms with van der Waals surface area (Å²) in [7, 11) is 0. The van der Waals surface area contributed by atoms with Gasteiger partial charge in [0.15, 0.2) is 0 Å². The molecule has 0 spiro atoms. The number of ether oxygens (including phenoxy) is 1. The Morgan fingerprint density at radius 1 is 0.556 bits per heavy atom. The van der Waals surface area contributed by atoms with Crippen LogP contribution in [0.1, 0.15) is 70.2 Å². The lowest BCUT2D eigenvalue weighted by atomic mass is 9.88. The molecular weight excluding hydrogens is 771 g/mol. The minimum absolute atomic E-state index is 0.0540. The molecule has 4 heterocycles. The van der Waals surface area contributed by atoms with Gasteiger partial charge in [-0.05, 0) is 99.7 Å². The number of pyridine rings is 2. The molecule has 6 heteroatoms. The van der Waals surface area contributed by atoms with Gasteiger partial charge in [-0.25, -0.2) is 4.98 Å². The third-order valence-corrected chi connectivity index (χ3v) is 9.56. The number of para-hydroxylation sites is 3. The maximum absolute atomic E-state index is 9.67. The van der Waals surface area contributed by atoms with Crippen LogP contribution in [0, 0.1) is 6.33 Å². The van der Waals surface area contributed by atoms with Crippen LogP contribution in [-0.4, -0.2) is 19.1 Å². The molecule has 7 aromatic carbocycles. The molecule has 11 aromatic rings. The van der Waals surface area contributed by atoms with Crippen LogP contribution in [0.2, 0.25) is 0 Å². The number of nitrogens with zero attached hydrogens (tertiary/aromatic N) is 5. The molecule has 0 aliphatic rings. The molecule has 0 aliphatic carbocycles. The summed E-state index contributed by atoms with van der Waals surface area (Å²) < 4.78 is 297. The van der Waals surface area contributed by atoms with Crippen molar-refractivity contribution in [2.24, 2.45) is 0 Å². The van der Waals surface area contributed by atoms with E-state index in [2.05, 4.69) is 16.3 Å². The molecule has 0 bridgehead atoms. The van der Waals surface area contributed by atoms with Crippen molar-refractivity contribution in [3.05, 3.63) is 218 Å². The van der Waals surface area contributed by atoms with E-state index in [0.717, 1.165) is 16.7 Å². The van der Waals surface area contributed by atoms with E-state index in [9.17, 15) is 17.8 Å². The predicted molar refractivity (Wildman–Crippen MR) is 255 cm³/mol. The summed E-state index contributed by atoms with van der Waals surface area (Å²) >= 11 is 0. The van der Waals surface area contributed by atoms with E-state index in [-0.39, 0.29) is 11.1 Å². The number of benzene rings is 7. The van der Waals surface area contributed by atoms with Gasteiger partial charge in [-0.1, -0.05) is 142 Å². The maximum atomic E-state index is 9.67. The molecule has 11 rings (SSSR count). The van der Waals surface area contributed by atoms with Crippen LogP contribution in [-0.2, 0) is 5.41 Å². The molecule has 0 aliphatic heterocycles. The Morgan fingerprint density at radius 2 is 1.27 bits per heavy atom. The zero-order valence-electron chi connectivity index (χ0n) is 64.8. The molecule has 302 valence electrons. The monoisotopic (exact) mass is 846 g/mol. The lowest BCUT2D eigenvalue weighted by molar-refractivity contribution is -0.571. The molecule has 0 saturated carbocycles. The smallest absolute Gasteiger partial charge is 0.269 e. The van der Waals surface area contributed by atoms with Crippen LogP contribution in [0.3, 0.4) is 0 Å². The SMILES string of the molecule is [2H]c1nc(-c2c([2H])c([2H])c3c(c2[2H])c2c([2H])c([2H])c(Oc4cc(-n5[c-][n+](-c6c(-c7c([2H])c([2H])c([2H])c([2H])c7[2H])c([2H])c([2H])c([2H])c6-c6c([2H])c([2H])c([2H])c([2H])c6[2H])c6c([2H])c([2H])c([2H])c([2H])c65)c([2H])c([2H])c4[2H])cc2n3-c2nc([2H])c([2H])c(C(C)(C)C)c2[2H])c([2H])c([2H])c1[2H]. The van der Waals surface area contributed by atoms with Gasteiger partial charge in [-0.2, -0.15) is 0 Å². The second-order valence-corrected chi connectivity index (χ2v) is 14.5. The Bertz CT molecular complexity index is 5210. The van der Waals surface area contributed by atoms with Gasteiger partial charge in [0, 0.05) is 34.7 Å². The number of aromatic nitrogens is 5. The van der Waals surface area contributed by atoms with Gasteiger partial charge in [-0.15, -0.1) is 0 Å². The van der Waals surface area contributed by atoms with Crippen molar-refractivity contribution in [1.29, 1.82) is 0 Å². The molecule has 0 N–H and O–H groups in total. The highest BCUT2D eigenvalue weighted by Crippen LogP contribution is 2.39. The van der Waals surface area contributed by atoms with E-state index in [1.165, 1.54) is 0 Å². The fourth-order valence-corrected chi connectivity index (χ4v) is 6.73. The van der Waals surface area contributed by atoms with Crippen LogP contribution in [0.5, 0.6) is 11.5 Å². The van der Waals surface area contributed by atoms with E-state index < -0.39 is 289 Å². The molecule has 0 fully saturated rings. The zero-order valence-corrected chi connectivity index (χ0v) is 32.8. The summed E-state index contributed by atoms with van der Waals surface area (Å²) in [6, 6.07) is -26.0. The molecule has 0 saturated heterocycles. The van der Waals surface area contributed by atoms with Crippen LogP contribution in [0.25, 0.3) is 83.5 Å². The Morgan fingerprint density at radius 3 is 2.05 bits per heavy atom. The van der Waals surface area contributed by atoms with E-state index in [1.54, 1.807) is 20.8 Å². The zero-order chi connectivity index (χ0) is 70.3. The molecule has 4 aromatic heterocycles. The van der Waals surface area contributed by atoms with Gasteiger partial charge in [-0.3, -0.25) is 18.7 Å². The highest BCUT2D eigenvalue weighted by molar-refractivity contribution is 6.10. The Kier molecular flexibility index (Phi) is 4.16. The van der Waals surface area contributed by atoms with Crippen molar-refractivity contribution >= 4 is 32.8 Å². The minimum atomic E-state index is -1.10. The number of hydrogen-bond donors (Lipinski definition) is 0. The number of imidazole rings is 1.